The molecule has 19 heavy (non-hydrogen) atoms. The van der Waals surface area contributed by atoms with Crippen molar-refractivity contribution in [2.45, 2.75) is 6.92 Å². The predicted octanol–water partition coefficient (Wildman–Crippen LogP) is 2.68. The minimum absolute atomic E-state index is 0.0547. The van der Waals surface area contributed by atoms with Gasteiger partial charge in [0, 0.05) is 11.4 Å². The Morgan fingerprint density at radius 1 is 1.32 bits per heavy atom. The number of nitrogens with zero attached hydrogens (tertiary/aromatic N) is 2. The van der Waals surface area contributed by atoms with Crippen LogP contribution in [0.15, 0.2) is 35.5 Å². The lowest BCUT2D eigenvalue weighted by Crippen LogP contribution is -2.04. The second-order valence-corrected chi connectivity index (χ2v) is 3.89. The fourth-order valence-electron chi connectivity index (χ4n) is 1.98. The van der Waals surface area contributed by atoms with Crippen molar-refractivity contribution in [2.24, 2.45) is 5.18 Å². The molecule has 0 aliphatic heterocycles. The zero-order valence-electron chi connectivity index (χ0n) is 10.5. The normalized spacial score (nSPS) is 10.2. The third kappa shape index (κ3) is 1.97. The van der Waals surface area contributed by atoms with Crippen molar-refractivity contribution in [3.8, 4) is 11.4 Å². The zero-order valence-corrected chi connectivity index (χ0v) is 10.5. The van der Waals surface area contributed by atoms with E-state index in [2.05, 4.69) is 9.91 Å². The summed E-state index contributed by atoms with van der Waals surface area (Å²) in [6, 6.07) is 8.85. The van der Waals surface area contributed by atoms with E-state index >= 15 is 0 Å². The summed E-state index contributed by atoms with van der Waals surface area (Å²) < 4.78 is 6.00. The molecule has 0 unspecified atom stereocenters. The van der Waals surface area contributed by atoms with Crippen LogP contribution in [0.5, 0.6) is 5.75 Å². The molecular formula is C13H12N2O4. The van der Waals surface area contributed by atoms with Crippen LogP contribution in [0.1, 0.15) is 16.1 Å². The van der Waals surface area contributed by atoms with Gasteiger partial charge >= 0.3 is 5.97 Å². The molecule has 0 spiro atoms. The number of hydrogen-bond acceptors (Lipinski definition) is 5. The maximum absolute atomic E-state index is 11.6. The quantitative estimate of drug-likeness (QED) is 0.679. The SMILES string of the molecule is COC(=O)c1c(O)c(N=O)n(-c2ccccc2)c1C. The Kier molecular flexibility index (Phi) is 3.33. The summed E-state index contributed by atoms with van der Waals surface area (Å²) in [4.78, 5) is 22.5. The van der Waals surface area contributed by atoms with Gasteiger partial charge in [0.25, 0.3) is 0 Å². The minimum Gasteiger partial charge on any atom is -0.504 e. The molecule has 98 valence electrons. The van der Waals surface area contributed by atoms with Gasteiger partial charge in [-0.15, -0.1) is 4.91 Å². The standard InChI is InChI=1S/C13H12N2O4/c1-8-10(13(17)19-2)11(16)12(14-18)15(8)9-6-4-3-5-7-9/h3-7,16H,1-2H3. The van der Waals surface area contributed by atoms with Crippen molar-refractivity contribution in [1.82, 2.24) is 4.57 Å². The van der Waals surface area contributed by atoms with Crippen LogP contribution in [0.4, 0.5) is 5.82 Å². The smallest absolute Gasteiger partial charge is 0.343 e. The molecule has 0 amide bonds. The number of aromatic hydroxyl groups is 1. The third-order valence-electron chi connectivity index (χ3n) is 2.85. The molecule has 0 aliphatic rings. The molecule has 6 heteroatoms. The maximum Gasteiger partial charge on any atom is 0.343 e. The van der Waals surface area contributed by atoms with Crippen molar-refractivity contribution in [3.05, 3.63) is 46.5 Å². The van der Waals surface area contributed by atoms with Crippen LogP contribution in [0, 0.1) is 11.8 Å². The van der Waals surface area contributed by atoms with E-state index in [1.54, 1.807) is 31.2 Å². The molecule has 2 rings (SSSR count). The highest BCUT2D eigenvalue weighted by Crippen LogP contribution is 2.38. The summed E-state index contributed by atoms with van der Waals surface area (Å²) in [5.74, 6) is -1.40. The number of esters is 1. The number of para-hydroxylation sites is 1. The number of methoxy groups -OCH3 is 1. The molecule has 0 bridgehead atoms. The average Bonchev–Trinajstić information content (AvgIpc) is 2.69. The summed E-state index contributed by atoms with van der Waals surface area (Å²) in [6.07, 6.45) is 0. The van der Waals surface area contributed by atoms with E-state index in [0.29, 0.717) is 11.4 Å². The molecule has 1 N–H and O–H groups in total. The lowest BCUT2D eigenvalue weighted by molar-refractivity contribution is 0.0597. The molecule has 6 nitrogen and oxygen atoms in total. The Balaban J connectivity index is 2.75. The number of aromatic nitrogens is 1. The topological polar surface area (TPSA) is 80.9 Å². The fourth-order valence-corrected chi connectivity index (χ4v) is 1.98. The second kappa shape index (κ2) is 4.93. The van der Waals surface area contributed by atoms with Gasteiger partial charge in [-0.1, -0.05) is 18.2 Å². The molecular weight excluding hydrogens is 248 g/mol. The highest BCUT2D eigenvalue weighted by Gasteiger charge is 2.27. The van der Waals surface area contributed by atoms with E-state index in [9.17, 15) is 14.8 Å². The second-order valence-electron chi connectivity index (χ2n) is 3.89. The lowest BCUT2D eigenvalue weighted by Gasteiger charge is -2.07. The summed E-state index contributed by atoms with van der Waals surface area (Å²) in [5.41, 5.74) is 0.964. The van der Waals surface area contributed by atoms with Crippen LogP contribution in [-0.2, 0) is 4.74 Å². The molecule has 0 atom stereocenters. The van der Waals surface area contributed by atoms with E-state index in [0.717, 1.165) is 0 Å². The summed E-state index contributed by atoms with van der Waals surface area (Å²) >= 11 is 0. The van der Waals surface area contributed by atoms with Crippen LogP contribution in [0.3, 0.4) is 0 Å². The number of hydrogen-bond donors (Lipinski definition) is 1. The monoisotopic (exact) mass is 260 g/mol. The maximum atomic E-state index is 11.6. The van der Waals surface area contributed by atoms with Crippen molar-refractivity contribution < 1.29 is 14.6 Å². The van der Waals surface area contributed by atoms with E-state index < -0.39 is 11.7 Å². The molecule has 2 aromatic rings. The Labute approximate surface area is 109 Å². The number of rotatable bonds is 3. The highest BCUT2D eigenvalue weighted by molar-refractivity contribution is 5.96. The first kappa shape index (κ1) is 12.8. The predicted molar refractivity (Wildman–Crippen MR) is 69.0 cm³/mol. The largest absolute Gasteiger partial charge is 0.504 e. The van der Waals surface area contributed by atoms with Crippen LogP contribution in [-0.4, -0.2) is 22.8 Å². The first-order valence-electron chi connectivity index (χ1n) is 5.53. The van der Waals surface area contributed by atoms with E-state index in [-0.39, 0.29) is 11.4 Å². The highest BCUT2D eigenvalue weighted by atomic mass is 16.5. The van der Waals surface area contributed by atoms with Crippen LogP contribution >= 0.6 is 0 Å². The number of carbonyl (C=O) groups excluding carboxylic acids is 1. The van der Waals surface area contributed by atoms with E-state index in [1.165, 1.54) is 11.7 Å². The van der Waals surface area contributed by atoms with Gasteiger partial charge in [-0.3, -0.25) is 4.57 Å². The van der Waals surface area contributed by atoms with Crippen LogP contribution in [0.25, 0.3) is 5.69 Å². The van der Waals surface area contributed by atoms with E-state index in [4.69, 9.17) is 0 Å². The number of nitroso groups, excluding NO2 is 1. The van der Waals surface area contributed by atoms with Gasteiger partial charge < -0.3 is 9.84 Å². The average molecular weight is 260 g/mol. The first-order valence-corrected chi connectivity index (χ1v) is 5.53. The number of carbonyl (C=O) groups is 1. The molecule has 0 saturated carbocycles. The number of ether oxygens (including phenoxy) is 1. The van der Waals surface area contributed by atoms with Gasteiger partial charge in [0.15, 0.2) is 5.75 Å². The Morgan fingerprint density at radius 3 is 2.47 bits per heavy atom. The molecule has 0 fully saturated rings. The Hall–Kier alpha value is -2.63. The van der Waals surface area contributed by atoms with Crippen LogP contribution in [0.2, 0.25) is 0 Å². The molecule has 1 aromatic carbocycles. The van der Waals surface area contributed by atoms with Gasteiger partial charge in [-0.25, -0.2) is 4.79 Å². The summed E-state index contributed by atoms with van der Waals surface area (Å²) in [7, 11) is 1.20. The first-order chi connectivity index (χ1) is 9.11. The minimum atomic E-state index is -0.713. The van der Waals surface area contributed by atoms with Gasteiger partial charge in [-0.05, 0) is 24.2 Å². The van der Waals surface area contributed by atoms with Crippen LogP contribution < -0.4 is 0 Å². The molecule has 0 radical (unpaired) electrons. The summed E-state index contributed by atoms with van der Waals surface area (Å²) in [6.45, 7) is 1.60. The molecule has 1 aromatic heterocycles. The van der Waals surface area contributed by atoms with Gasteiger partial charge in [0.2, 0.25) is 5.82 Å². The third-order valence-corrected chi connectivity index (χ3v) is 2.85. The summed E-state index contributed by atoms with van der Waals surface area (Å²) in [5, 5.41) is 12.7. The molecule has 0 saturated heterocycles. The Bertz CT molecular complexity index is 632. The lowest BCUT2D eigenvalue weighted by atomic mass is 10.2. The Morgan fingerprint density at radius 2 is 1.95 bits per heavy atom. The molecule has 1 heterocycles. The van der Waals surface area contributed by atoms with Crippen molar-refractivity contribution in [1.29, 1.82) is 0 Å². The van der Waals surface area contributed by atoms with Gasteiger partial charge in [0.1, 0.15) is 5.56 Å². The van der Waals surface area contributed by atoms with Gasteiger partial charge in [0.05, 0.1) is 7.11 Å². The van der Waals surface area contributed by atoms with Crippen molar-refractivity contribution in [3.63, 3.8) is 0 Å². The zero-order chi connectivity index (χ0) is 14.0. The van der Waals surface area contributed by atoms with Gasteiger partial charge in [-0.2, -0.15) is 0 Å². The molecule has 0 aliphatic carbocycles. The fraction of sp³-hybridized carbons (Fsp3) is 0.154. The van der Waals surface area contributed by atoms with E-state index in [1.807, 2.05) is 6.07 Å². The van der Waals surface area contributed by atoms with Crippen molar-refractivity contribution in [2.75, 3.05) is 7.11 Å². The van der Waals surface area contributed by atoms with Crippen molar-refractivity contribution >= 4 is 11.8 Å². The number of benzene rings is 1.